The zero-order valence-electron chi connectivity index (χ0n) is 11.1. The van der Waals surface area contributed by atoms with E-state index in [4.69, 9.17) is 0 Å². The van der Waals surface area contributed by atoms with Crippen LogP contribution in [0.1, 0.15) is 17.5 Å². The lowest BCUT2D eigenvalue weighted by atomic mass is 9.83. The maximum atomic E-state index is 12.4. The van der Waals surface area contributed by atoms with Gasteiger partial charge in [0, 0.05) is 9.49 Å². The molecule has 0 aromatic heterocycles. The topological polar surface area (TPSA) is 29.1 Å². The Morgan fingerprint density at radius 3 is 2.55 bits per heavy atom. The van der Waals surface area contributed by atoms with Gasteiger partial charge in [-0.05, 0) is 65.1 Å². The van der Waals surface area contributed by atoms with Crippen LogP contribution in [0.5, 0.6) is 0 Å². The number of carbonyl (C=O) groups excluding carboxylic acids is 1. The highest BCUT2D eigenvalue weighted by Crippen LogP contribution is 2.27. The van der Waals surface area contributed by atoms with E-state index in [0.717, 1.165) is 28.5 Å². The van der Waals surface area contributed by atoms with Crippen LogP contribution in [0.2, 0.25) is 0 Å². The molecular formula is C17H16INO. The van der Waals surface area contributed by atoms with E-state index in [-0.39, 0.29) is 11.8 Å². The molecule has 1 unspecified atom stereocenters. The molecule has 0 radical (unpaired) electrons. The van der Waals surface area contributed by atoms with Crippen LogP contribution in [0.15, 0.2) is 48.5 Å². The zero-order chi connectivity index (χ0) is 13.9. The Morgan fingerprint density at radius 2 is 1.75 bits per heavy atom. The smallest absolute Gasteiger partial charge is 0.227 e. The fourth-order valence-corrected chi connectivity index (χ4v) is 3.24. The second-order valence-corrected chi connectivity index (χ2v) is 6.34. The number of carbonyl (C=O) groups is 1. The van der Waals surface area contributed by atoms with E-state index in [9.17, 15) is 4.79 Å². The monoisotopic (exact) mass is 377 g/mol. The Kier molecular flexibility index (Phi) is 4.05. The van der Waals surface area contributed by atoms with Gasteiger partial charge in [0.1, 0.15) is 0 Å². The second kappa shape index (κ2) is 5.95. The van der Waals surface area contributed by atoms with Crippen molar-refractivity contribution in [3.8, 4) is 0 Å². The van der Waals surface area contributed by atoms with Gasteiger partial charge < -0.3 is 5.32 Å². The molecule has 0 aliphatic heterocycles. The molecule has 0 heterocycles. The summed E-state index contributed by atoms with van der Waals surface area (Å²) in [6.07, 6.45) is 2.79. The summed E-state index contributed by atoms with van der Waals surface area (Å²) in [7, 11) is 0. The van der Waals surface area contributed by atoms with Crippen LogP contribution in [-0.2, 0) is 17.6 Å². The normalized spacial score (nSPS) is 17.4. The van der Waals surface area contributed by atoms with Crippen molar-refractivity contribution in [2.45, 2.75) is 19.3 Å². The molecule has 2 aromatic rings. The van der Waals surface area contributed by atoms with Crippen LogP contribution < -0.4 is 5.32 Å². The minimum Gasteiger partial charge on any atom is -0.325 e. The minimum absolute atomic E-state index is 0.0842. The fourth-order valence-electron chi connectivity index (χ4n) is 2.72. The Balaban J connectivity index is 1.72. The van der Waals surface area contributed by atoms with Crippen LogP contribution in [-0.4, -0.2) is 5.91 Å². The van der Waals surface area contributed by atoms with Crippen LogP contribution in [0.25, 0.3) is 0 Å². The number of amides is 1. The lowest BCUT2D eigenvalue weighted by molar-refractivity contribution is -0.120. The van der Waals surface area contributed by atoms with Crippen molar-refractivity contribution in [2.24, 2.45) is 5.92 Å². The quantitative estimate of drug-likeness (QED) is 0.787. The number of para-hydroxylation sites is 1. The van der Waals surface area contributed by atoms with Gasteiger partial charge in [-0.15, -0.1) is 0 Å². The molecule has 1 aliphatic carbocycles. The molecule has 2 nitrogen and oxygen atoms in total. The molecule has 3 heteroatoms. The molecule has 102 valence electrons. The summed E-state index contributed by atoms with van der Waals surface area (Å²) in [5.41, 5.74) is 3.63. The minimum atomic E-state index is 0.0842. The average molecular weight is 377 g/mol. The van der Waals surface area contributed by atoms with Crippen LogP contribution in [0.4, 0.5) is 5.69 Å². The van der Waals surface area contributed by atoms with Gasteiger partial charge in [-0.25, -0.2) is 0 Å². The van der Waals surface area contributed by atoms with Crippen LogP contribution >= 0.6 is 22.6 Å². The summed E-state index contributed by atoms with van der Waals surface area (Å²) < 4.78 is 1.08. The van der Waals surface area contributed by atoms with Gasteiger partial charge in [0.25, 0.3) is 0 Å². The van der Waals surface area contributed by atoms with E-state index in [1.165, 1.54) is 11.1 Å². The molecule has 1 aliphatic rings. The number of rotatable bonds is 2. The summed E-state index contributed by atoms with van der Waals surface area (Å²) >= 11 is 2.25. The van der Waals surface area contributed by atoms with Crippen molar-refractivity contribution in [1.29, 1.82) is 0 Å². The Labute approximate surface area is 132 Å². The third-order valence-electron chi connectivity index (χ3n) is 3.85. The van der Waals surface area contributed by atoms with Crippen molar-refractivity contribution in [3.63, 3.8) is 0 Å². The SMILES string of the molecule is O=C(Nc1ccccc1I)C1CCc2ccccc2C1. The number of hydrogen-bond donors (Lipinski definition) is 1. The first-order valence-electron chi connectivity index (χ1n) is 6.86. The van der Waals surface area contributed by atoms with Crippen molar-refractivity contribution >= 4 is 34.2 Å². The molecule has 2 aromatic carbocycles. The molecule has 3 rings (SSSR count). The lowest BCUT2D eigenvalue weighted by Gasteiger charge is -2.24. The first-order valence-corrected chi connectivity index (χ1v) is 7.94. The van der Waals surface area contributed by atoms with Crippen LogP contribution in [0, 0.1) is 9.49 Å². The van der Waals surface area contributed by atoms with Gasteiger partial charge in [-0.3, -0.25) is 4.79 Å². The highest BCUT2D eigenvalue weighted by atomic mass is 127. The molecule has 1 amide bonds. The summed E-state index contributed by atoms with van der Waals surface area (Å²) in [5.74, 6) is 0.226. The predicted molar refractivity (Wildman–Crippen MR) is 89.7 cm³/mol. The number of nitrogens with one attached hydrogen (secondary N) is 1. The number of halogens is 1. The van der Waals surface area contributed by atoms with Gasteiger partial charge in [0.05, 0.1) is 5.69 Å². The van der Waals surface area contributed by atoms with Crippen molar-refractivity contribution in [3.05, 3.63) is 63.2 Å². The summed E-state index contributed by atoms with van der Waals surface area (Å²) in [6.45, 7) is 0. The Bertz CT molecular complexity index is 638. The van der Waals surface area contributed by atoms with E-state index in [2.05, 4.69) is 52.2 Å². The molecular weight excluding hydrogens is 361 g/mol. The van der Waals surface area contributed by atoms with Gasteiger partial charge in [-0.2, -0.15) is 0 Å². The molecule has 0 saturated heterocycles. The summed E-state index contributed by atoms with van der Waals surface area (Å²) in [4.78, 5) is 12.4. The van der Waals surface area contributed by atoms with Crippen molar-refractivity contribution < 1.29 is 4.79 Å². The van der Waals surface area contributed by atoms with Crippen molar-refractivity contribution in [2.75, 3.05) is 5.32 Å². The van der Waals surface area contributed by atoms with Gasteiger partial charge in [0.15, 0.2) is 0 Å². The standard InChI is InChI=1S/C17H16INO/c18-15-7-3-4-8-16(15)19-17(20)14-10-9-12-5-1-2-6-13(12)11-14/h1-8,14H,9-11H2,(H,19,20). The molecule has 0 saturated carbocycles. The van der Waals surface area contributed by atoms with E-state index in [1.807, 2.05) is 24.3 Å². The first-order chi connectivity index (χ1) is 9.74. The molecule has 1 atom stereocenters. The highest BCUT2D eigenvalue weighted by molar-refractivity contribution is 14.1. The maximum absolute atomic E-state index is 12.4. The Morgan fingerprint density at radius 1 is 1.05 bits per heavy atom. The average Bonchev–Trinajstić information content (AvgIpc) is 2.49. The predicted octanol–water partition coefficient (Wildman–Crippen LogP) is 4.03. The number of benzene rings is 2. The largest absolute Gasteiger partial charge is 0.325 e. The van der Waals surface area contributed by atoms with Gasteiger partial charge >= 0.3 is 0 Å². The number of hydrogen-bond acceptors (Lipinski definition) is 1. The molecule has 0 bridgehead atoms. The highest BCUT2D eigenvalue weighted by Gasteiger charge is 2.24. The van der Waals surface area contributed by atoms with E-state index >= 15 is 0 Å². The second-order valence-electron chi connectivity index (χ2n) is 5.18. The Hall–Kier alpha value is -1.36. The first kappa shape index (κ1) is 13.6. The van der Waals surface area contributed by atoms with Gasteiger partial charge in [0.2, 0.25) is 5.91 Å². The third kappa shape index (κ3) is 2.87. The van der Waals surface area contributed by atoms with Gasteiger partial charge in [-0.1, -0.05) is 36.4 Å². The summed E-state index contributed by atoms with van der Waals surface area (Å²) in [6, 6.07) is 16.3. The molecule has 0 spiro atoms. The van der Waals surface area contributed by atoms with E-state index in [0.29, 0.717) is 0 Å². The van der Waals surface area contributed by atoms with Crippen LogP contribution in [0.3, 0.4) is 0 Å². The van der Waals surface area contributed by atoms with E-state index in [1.54, 1.807) is 0 Å². The van der Waals surface area contributed by atoms with E-state index < -0.39 is 0 Å². The summed E-state index contributed by atoms with van der Waals surface area (Å²) in [5, 5.41) is 3.06. The zero-order valence-corrected chi connectivity index (χ0v) is 13.3. The third-order valence-corrected chi connectivity index (χ3v) is 4.79. The number of aryl methyl sites for hydroxylation is 1. The number of anilines is 1. The molecule has 20 heavy (non-hydrogen) atoms. The maximum Gasteiger partial charge on any atom is 0.227 e. The lowest BCUT2D eigenvalue weighted by Crippen LogP contribution is -2.28. The number of fused-ring (bicyclic) bond motifs is 1. The fraction of sp³-hybridized carbons (Fsp3) is 0.235. The van der Waals surface area contributed by atoms with Crippen molar-refractivity contribution in [1.82, 2.24) is 0 Å². The molecule has 1 N–H and O–H groups in total. The molecule has 0 fully saturated rings.